The number of morpholine rings is 1. The average molecular weight is 298 g/mol. The molecule has 0 radical (unpaired) electrons. The van der Waals surface area contributed by atoms with Crippen molar-refractivity contribution in [3.8, 4) is 0 Å². The Balaban J connectivity index is 1.73. The first-order valence-electron chi connectivity index (χ1n) is 7.01. The topological polar surface area (TPSA) is 67.5 Å². The number of hydrogen-bond acceptors (Lipinski definition) is 6. The predicted molar refractivity (Wildman–Crippen MR) is 79.2 cm³/mol. The van der Waals surface area contributed by atoms with E-state index in [1.54, 1.807) is 0 Å². The fourth-order valence-corrected chi connectivity index (χ4v) is 3.16. The van der Waals surface area contributed by atoms with Crippen LogP contribution in [0.25, 0.3) is 0 Å². The maximum atomic E-state index is 6.10. The molecule has 0 aliphatic carbocycles. The Kier molecular flexibility index (Phi) is 3.96. The average Bonchev–Trinajstić information content (AvgIpc) is 2.93. The van der Waals surface area contributed by atoms with Crippen LogP contribution in [-0.4, -0.2) is 60.3 Å². The van der Waals surface area contributed by atoms with Gasteiger partial charge in [0.2, 0.25) is 5.28 Å². The fourth-order valence-electron chi connectivity index (χ4n) is 2.95. The predicted octanol–water partition coefficient (Wildman–Crippen LogP) is 0.932. The maximum absolute atomic E-state index is 6.10. The van der Waals surface area contributed by atoms with Crippen LogP contribution in [0.1, 0.15) is 12.1 Å². The van der Waals surface area contributed by atoms with Gasteiger partial charge in [-0.2, -0.15) is 4.98 Å². The molecule has 1 atom stereocenters. The zero-order chi connectivity index (χ0) is 14.1. The first-order chi connectivity index (χ1) is 9.65. The van der Waals surface area contributed by atoms with Crippen LogP contribution in [0.4, 0.5) is 11.5 Å². The first-order valence-corrected chi connectivity index (χ1v) is 7.39. The van der Waals surface area contributed by atoms with E-state index in [9.17, 15) is 0 Å². The molecule has 2 N–H and O–H groups in total. The molecule has 2 aliphatic heterocycles. The Morgan fingerprint density at radius 1 is 1.25 bits per heavy atom. The van der Waals surface area contributed by atoms with E-state index in [2.05, 4.69) is 19.8 Å². The summed E-state index contributed by atoms with van der Waals surface area (Å²) >= 11 is 5.95. The molecule has 6 nitrogen and oxygen atoms in total. The number of anilines is 2. The van der Waals surface area contributed by atoms with Crippen molar-refractivity contribution < 1.29 is 4.74 Å². The number of ether oxygens (including phenoxy) is 1. The highest BCUT2D eigenvalue weighted by molar-refractivity contribution is 6.28. The third-order valence-electron chi connectivity index (χ3n) is 4.11. The minimum atomic E-state index is 0.265. The number of hydrogen-bond donors (Lipinski definition) is 1. The Hall–Kier alpha value is -1.11. The molecule has 0 aromatic carbocycles. The van der Waals surface area contributed by atoms with Crippen molar-refractivity contribution >= 4 is 23.1 Å². The van der Waals surface area contributed by atoms with Gasteiger partial charge in [0.1, 0.15) is 0 Å². The molecule has 3 rings (SSSR count). The van der Waals surface area contributed by atoms with Crippen LogP contribution in [0.15, 0.2) is 0 Å². The number of nitrogen functional groups attached to an aromatic ring is 1. The highest BCUT2D eigenvalue weighted by Crippen LogP contribution is 2.29. The summed E-state index contributed by atoms with van der Waals surface area (Å²) in [6, 6.07) is 0.548. The van der Waals surface area contributed by atoms with E-state index in [1.807, 2.05) is 6.92 Å². The van der Waals surface area contributed by atoms with Gasteiger partial charge in [0.05, 0.1) is 24.6 Å². The summed E-state index contributed by atoms with van der Waals surface area (Å²) < 4.78 is 5.41. The lowest BCUT2D eigenvalue weighted by molar-refractivity contribution is 0.0209. The lowest BCUT2D eigenvalue weighted by Crippen LogP contribution is -2.44. The number of nitrogens with two attached hydrogens (primary N) is 1. The number of halogens is 1. The van der Waals surface area contributed by atoms with Crippen LogP contribution in [0.2, 0.25) is 5.28 Å². The molecule has 1 unspecified atom stereocenters. The first kappa shape index (κ1) is 13.9. The molecule has 0 amide bonds. The molecule has 0 spiro atoms. The number of aromatic nitrogens is 2. The summed E-state index contributed by atoms with van der Waals surface area (Å²) in [7, 11) is 0. The summed E-state index contributed by atoms with van der Waals surface area (Å²) in [6.07, 6.45) is 1.13. The molecule has 7 heteroatoms. The Morgan fingerprint density at radius 2 is 2.00 bits per heavy atom. The largest absolute Gasteiger partial charge is 0.394 e. The molecule has 2 aliphatic rings. The van der Waals surface area contributed by atoms with Gasteiger partial charge in [-0.1, -0.05) is 0 Å². The van der Waals surface area contributed by atoms with Gasteiger partial charge in [-0.25, -0.2) is 4.98 Å². The molecule has 3 heterocycles. The quantitative estimate of drug-likeness (QED) is 0.819. The van der Waals surface area contributed by atoms with E-state index in [4.69, 9.17) is 22.1 Å². The van der Waals surface area contributed by atoms with Gasteiger partial charge in [0.15, 0.2) is 5.82 Å². The van der Waals surface area contributed by atoms with E-state index in [0.717, 1.165) is 57.3 Å². The third kappa shape index (κ3) is 2.68. The standard InChI is InChI=1S/C13H20ClN5O/c1-9-11(15)12(17-13(14)16-9)19-3-2-10(8-19)18-4-6-20-7-5-18/h10H,2-8,15H2,1H3. The van der Waals surface area contributed by atoms with Crippen LogP contribution >= 0.6 is 11.6 Å². The molecule has 1 aromatic rings. The molecular formula is C13H20ClN5O. The number of nitrogens with zero attached hydrogens (tertiary/aromatic N) is 4. The second-order valence-corrected chi connectivity index (χ2v) is 5.69. The van der Waals surface area contributed by atoms with E-state index in [1.165, 1.54) is 0 Å². The highest BCUT2D eigenvalue weighted by atomic mass is 35.5. The Morgan fingerprint density at radius 3 is 2.75 bits per heavy atom. The maximum Gasteiger partial charge on any atom is 0.224 e. The van der Waals surface area contributed by atoms with Gasteiger partial charge in [0, 0.05) is 32.2 Å². The summed E-state index contributed by atoms with van der Waals surface area (Å²) in [5.41, 5.74) is 7.48. The zero-order valence-corrected chi connectivity index (χ0v) is 12.4. The molecule has 0 bridgehead atoms. The van der Waals surface area contributed by atoms with Crippen LogP contribution < -0.4 is 10.6 Å². The molecular weight excluding hydrogens is 278 g/mol. The van der Waals surface area contributed by atoms with Crippen molar-refractivity contribution in [2.45, 2.75) is 19.4 Å². The summed E-state index contributed by atoms with van der Waals surface area (Å²) in [6.45, 7) is 7.45. The van der Waals surface area contributed by atoms with Gasteiger partial charge in [-0.3, -0.25) is 4.90 Å². The SMILES string of the molecule is Cc1nc(Cl)nc(N2CCC(N3CCOCC3)C2)c1N. The second-order valence-electron chi connectivity index (χ2n) is 5.35. The summed E-state index contributed by atoms with van der Waals surface area (Å²) in [5, 5.41) is 0.265. The van der Waals surface area contributed by atoms with Crippen molar-refractivity contribution in [1.82, 2.24) is 14.9 Å². The molecule has 2 fully saturated rings. The highest BCUT2D eigenvalue weighted by Gasteiger charge is 2.30. The van der Waals surface area contributed by atoms with Gasteiger partial charge >= 0.3 is 0 Å². The second kappa shape index (κ2) is 5.71. The van der Waals surface area contributed by atoms with Gasteiger partial charge in [-0.15, -0.1) is 0 Å². The third-order valence-corrected chi connectivity index (χ3v) is 4.28. The molecule has 1 aromatic heterocycles. The van der Waals surface area contributed by atoms with Crippen LogP contribution in [0, 0.1) is 6.92 Å². The van der Waals surface area contributed by atoms with Crippen LogP contribution in [0.3, 0.4) is 0 Å². The lowest BCUT2D eigenvalue weighted by Gasteiger charge is -2.32. The Labute approximate surface area is 123 Å². The van der Waals surface area contributed by atoms with E-state index in [0.29, 0.717) is 11.7 Å². The van der Waals surface area contributed by atoms with E-state index < -0.39 is 0 Å². The number of aryl methyl sites for hydroxylation is 1. The smallest absolute Gasteiger partial charge is 0.224 e. The van der Waals surface area contributed by atoms with Crippen LogP contribution in [-0.2, 0) is 4.74 Å². The normalized spacial score (nSPS) is 24.3. The molecule has 20 heavy (non-hydrogen) atoms. The van der Waals surface area contributed by atoms with Crippen LogP contribution in [0.5, 0.6) is 0 Å². The molecule has 110 valence electrons. The zero-order valence-electron chi connectivity index (χ0n) is 11.7. The molecule has 0 saturated carbocycles. The van der Waals surface area contributed by atoms with E-state index in [-0.39, 0.29) is 5.28 Å². The lowest BCUT2D eigenvalue weighted by atomic mass is 10.2. The van der Waals surface area contributed by atoms with Crippen molar-refractivity contribution in [1.29, 1.82) is 0 Å². The molecule has 2 saturated heterocycles. The van der Waals surface area contributed by atoms with Crippen molar-refractivity contribution in [2.75, 3.05) is 50.0 Å². The summed E-state index contributed by atoms with van der Waals surface area (Å²) in [5.74, 6) is 0.776. The minimum absolute atomic E-state index is 0.265. The number of rotatable bonds is 2. The monoisotopic (exact) mass is 297 g/mol. The van der Waals surface area contributed by atoms with E-state index >= 15 is 0 Å². The van der Waals surface area contributed by atoms with Crippen molar-refractivity contribution in [3.05, 3.63) is 11.0 Å². The van der Waals surface area contributed by atoms with Gasteiger partial charge in [-0.05, 0) is 24.9 Å². The van der Waals surface area contributed by atoms with Crippen molar-refractivity contribution in [2.24, 2.45) is 0 Å². The fraction of sp³-hybridized carbons (Fsp3) is 0.692. The van der Waals surface area contributed by atoms with Gasteiger partial charge < -0.3 is 15.4 Å². The summed E-state index contributed by atoms with van der Waals surface area (Å²) in [4.78, 5) is 13.1. The van der Waals surface area contributed by atoms with Gasteiger partial charge in [0.25, 0.3) is 0 Å². The van der Waals surface area contributed by atoms with Crippen molar-refractivity contribution in [3.63, 3.8) is 0 Å². The Bertz CT molecular complexity index is 492. The minimum Gasteiger partial charge on any atom is -0.394 e.